The fraction of sp³-hybridized carbons (Fsp3) is 0.643. The number of nitrogens with zero attached hydrogens (tertiary/aromatic N) is 2. The highest BCUT2D eigenvalue weighted by molar-refractivity contribution is 5.13. The fourth-order valence-electron chi connectivity index (χ4n) is 2.43. The van der Waals surface area contributed by atoms with E-state index in [9.17, 15) is 0 Å². The third kappa shape index (κ3) is 3.79. The van der Waals surface area contributed by atoms with Crippen molar-refractivity contribution in [3.8, 4) is 0 Å². The molecule has 1 aliphatic heterocycles. The molecule has 2 rings (SSSR count). The van der Waals surface area contributed by atoms with Crippen LogP contribution in [0, 0.1) is 6.92 Å². The van der Waals surface area contributed by atoms with Crippen LogP contribution in [0.2, 0.25) is 0 Å². The zero-order valence-corrected chi connectivity index (χ0v) is 11.1. The van der Waals surface area contributed by atoms with Crippen molar-refractivity contribution in [3.05, 3.63) is 29.6 Å². The Balaban J connectivity index is 1.83. The van der Waals surface area contributed by atoms with Crippen LogP contribution in [0.4, 0.5) is 0 Å². The topological polar surface area (TPSA) is 28.2 Å². The first-order chi connectivity index (χ1) is 8.13. The predicted molar refractivity (Wildman–Crippen MR) is 70.9 cm³/mol. The molecular weight excluding hydrogens is 210 g/mol. The Labute approximate surface area is 104 Å². The zero-order chi connectivity index (χ0) is 12.3. The molecule has 1 atom stereocenters. The first-order valence-electron chi connectivity index (χ1n) is 6.53. The fourth-order valence-corrected chi connectivity index (χ4v) is 2.43. The van der Waals surface area contributed by atoms with Gasteiger partial charge in [0.1, 0.15) is 0 Å². The van der Waals surface area contributed by atoms with Crippen LogP contribution in [-0.4, -0.2) is 35.1 Å². The first kappa shape index (κ1) is 12.5. The van der Waals surface area contributed by atoms with Gasteiger partial charge in [-0.1, -0.05) is 19.9 Å². The monoisotopic (exact) mass is 233 g/mol. The van der Waals surface area contributed by atoms with Gasteiger partial charge in [-0.3, -0.25) is 9.88 Å². The average molecular weight is 233 g/mol. The maximum absolute atomic E-state index is 4.35. The lowest BCUT2D eigenvalue weighted by molar-refractivity contribution is 0.316. The van der Waals surface area contributed by atoms with Crippen LogP contribution >= 0.6 is 0 Å². The van der Waals surface area contributed by atoms with Gasteiger partial charge in [0, 0.05) is 43.6 Å². The Bertz CT molecular complexity index is 345. The van der Waals surface area contributed by atoms with E-state index in [1.807, 2.05) is 13.1 Å². The van der Waals surface area contributed by atoms with Gasteiger partial charge < -0.3 is 5.32 Å². The lowest BCUT2D eigenvalue weighted by atomic mass is 10.2. The number of hydrogen-bond donors (Lipinski definition) is 1. The largest absolute Gasteiger partial charge is 0.310 e. The molecule has 0 aliphatic carbocycles. The minimum absolute atomic E-state index is 0.584. The minimum Gasteiger partial charge on any atom is -0.310 e. The molecule has 1 unspecified atom stereocenters. The number of rotatable bonds is 4. The Hall–Kier alpha value is -0.930. The molecule has 2 heterocycles. The summed E-state index contributed by atoms with van der Waals surface area (Å²) in [4.78, 5) is 6.85. The van der Waals surface area contributed by atoms with Gasteiger partial charge in [0.15, 0.2) is 0 Å². The van der Waals surface area contributed by atoms with E-state index in [1.165, 1.54) is 18.5 Å². The Morgan fingerprint density at radius 3 is 2.94 bits per heavy atom. The molecule has 3 heteroatoms. The molecule has 1 N–H and O–H groups in total. The molecule has 0 bridgehead atoms. The van der Waals surface area contributed by atoms with E-state index in [0.717, 1.165) is 18.8 Å². The summed E-state index contributed by atoms with van der Waals surface area (Å²) in [5.41, 5.74) is 2.41. The van der Waals surface area contributed by atoms with Crippen molar-refractivity contribution in [2.24, 2.45) is 0 Å². The van der Waals surface area contributed by atoms with Crippen molar-refractivity contribution in [2.45, 2.75) is 45.8 Å². The molecular formula is C14H23N3. The van der Waals surface area contributed by atoms with Gasteiger partial charge in [-0.25, -0.2) is 0 Å². The molecule has 1 saturated heterocycles. The van der Waals surface area contributed by atoms with Crippen LogP contribution < -0.4 is 5.32 Å². The number of hydrogen-bond acceptors (Lipinski definition) is 3. The normalized spacial score (nSPS) is 21.3. The van der Waals surface area contributed by atoms with Crippen molar-refractivity contribution >= 4 is 0 Å². The Morgan fingerprint density at radius 2 is 2.29 bits per heavy atom. The molecule has 0 radical (unpaired) electrons. The van der Waals surface area contributed by atoms with E-state index in [-0.39, 0.29) is 0 Å². The first-order valence-corrected chi connectivity index (χ1v) is 6.53. The average Bonchev–Trinajstić information content (AvgIpc) is 2.68. The summed E-state index contributed by atoms with van der Waals surface area (Å²) < 4.78 is 0. The minimum atomic E-state index is 0.584. The lowest BCUT2D eigenvalue weighted by Gasteiger charge is -2.18. The quantitative estimate of drug-likeness (QED) is 0.861. The summed E-state index contributed by atoms with van der Waals surface area (Å²) in [5.74, 6) is 0. The number of nitrogens with one attached hydrogen (secondary N) is 1. The molecule has 1 aromatic heterocycles. The van der Waals surface area contributed by atoms with Gasteiger partial charge in [0.2, 0.25) is 0 Å². The second-order valence-electron chi connectivity index (χ2n) is 5.35. The summed E-state index contributed by atoms with van der Waals surface area (Å²) in [5, 5.41) is 3.61. The van der Waals surface area contributed by atoms with Gasteiger partial charge in [0.25, 0.3) is 0 Å². The SMILES string of the molecule is Cc1ccc(CN2CCC(NC(C)C)C2)cn1. The summed E-state index contributed by atoms with van der Waals surface area (Å²) in [6.45, 7) is 9.84. The highest BCUT2D eigenvalue weighted by Gasteiger charge is 2.22. The summed E-state index contributed by atoms with van der Waals surface area (Å²) in [7, 11) is 0. The van der Waals surface area contributed by atoms with E-state index in [4.69, 9.17) is 0 Å². The zero-order valence-electron chi connectivity index (χ0n) is 11.1. The third-order valence-corrected chi connectivity index (χ3v) is 3.22. The molecule has 1 fully saturated rings. The molecule has 0 spiro atoms. The molecule has 1 aliphatic rings. The van der Waals surface area contributed by atoms with Gasteiger partial charge in [-0.15, -0.1) is 0 Å². The summed E-state index contributed by atoms with van der Waals surface area (Å²) in [6, 6.07) is 5.52. The number of aromatic nitrogens is 1. The number of likely N-dealkylation sites (tertiary alicyclic amines) is 1. The van der Waals surface area contributed by atoms with E-state index < -0.39 is 0 Å². The smallest absolute Gasteiger partial charge is 0.0372 e. The number of pyridine rings is 1. The molecule has 1 aromatic rings. The van der Waals surface area contributed by atoms with Gasteiger partial charge in [-0.2, -0.15) is 0 Å². The molecule has 3 nitrogen and oxygen atoms in total. The molecule has 0 aromatic carbocycles. The predicted octanol–water partition coefficient (Wildman–Crippen LogP) is 1.96. The molecule has 94 valence electrons. The van der Waals surface area contributed by atoms with Crippen LogP contribution in [0.15, 0.2) is 18.3 Å². The van der Waals surface area contributed by atoms with Crippen molar-refractivity contribution in [2.75, 3.05) is 13.1 Å². The van der Waals surface area contributed by atoms with Crippen LogP contribution in [0.5, 0.6) is 0 Å². The standard InChI is InChI=1S/C14H23N3/c1-11(2)16-14-6-7-17(10-14)9-13-5-4-12(3)15-8-13/h4-5,8,11,14,16H,6-7,9-10H2,1-3H3. The molecule has 0 amide bonds. The van der Waals surface area contributed by atoms with Gasteiger partial charge in [-0.05, 0) is 25.0 Å². The van der Waals surface area contributed by atoms with E-state index in [2.05, 4.69) is 41.2 Å². The van der Waals surface area contributed by atoms with Crippen LogP contribution in [0.1, 0.15) is 31.5 Å². The second-order valence-corrected chi connectivity index (χ2v) is 5.35. The highest BCUT2D eigenvalue weighted by atomic mass is 15.2. The Kier molecular flexibility index (Phi) is 4.13. The van der Waals surface area contributed by atoms with Crippen LogP contribution in [-0.2, 0) is 6.54 Å². The molecule has 0 saturated carbocycles. The maximum Gasteiger partial charge on any atom is 0.0372 e. The molecule has 17 heavy (non-hydrogen) atoms. The van der Waals surface area contributed by atoms with E-state index in [0.29, 0.717) is 12.1 Å². The van der Waals surface area contributed by atoms with Gasteiger partial charge >= 0.3 is 0 Å². The lowest BCUT2D eigenvalue weighted by Crippen LogP contribution is -2.36. The van der Waals surface area contributed by atoms with Crippen molar-refractivity contribution < 1.29 is 0 Å². The van der Waals surface area contributed by atoms with Gasteiger partial charge in [0.05, 0.1) is 0 Å². The van der Waals surface area contributed by atoms with E-state index in [1.54, 1.807) is 0 Å². The van der Waals surface area contributed by atoms with Crippen LogP contribution in [0.25, 0.3) is 0 Å². The third-order valence-electron chi connectivity index (χ3n) is 3.22. The highest BCUT2D eigenvalue weighted by Crippen LogP contribution is 2.13. The summed E-state index contributed by atoms with van der Waals surface area (Å²) >= 11 is 0. The maximum atomic E-state index is 4.35. The second kappa shape index (κ2) is 5.61. The Morgan fingerprint density at radius 1 is 1.47 bits per heavy atom. The van der Waals surface area contributed by atoms with Crippen molar-refractivity contribution in [1.29, 1.82) is 0 Å². The van der Waals surface area contributed by atoms with E-state index >= 15 is 0 Å². The van der Waals surface area contributed by atoms with Crippen molar-refractivity contribution in [3.63, 3.8) is 0 Å². The summed E-state index contributed by atoms with van der Waals surface area (Å²) in [6.07, 6.45) is 3.26. The van der Waals surface area contributed by atoms with Crippen molar-refractivity contribution in [1.82, 2.24) is 15.2 Å². The van der Waals surface area contributed by atoms with Crippen LogP contribution in [0.3, 0.4) is 0 Å². The number of aryl methyl sites for hydroxylation is 1.